The molecule has 0 bridgehead atoms. The minimum Gasteiger partial charge on any atom is -0.425 e. The van der Waals surface area contributed by atoms with E-state index in [0.29, 0.717) is 0 Å². The van der Waals surface area contributed by atoms with Gasteiger partial charge in [-0.15, -0.1) is 5.26 Å². The molecule has 0 saturated carbocycles. The Hall–Kier alpha value is -2.02. The molecule has 0 fully saturated rings. The first-order valence-corrected chi connectivity index (χ1v) is 3.13. The quantitative estimate of drug-likeness (QED) is 0.494. The van der Waals surface area contributed by atoms with Crippen LogP contribution in [0.5, 0.6) is 11.5 Å². The molecule has 0 spiro atoms. The molecule has 0 aromatic heterocycles. The van der Waals surface area contributed by atoms with Crippen molar-refractivity contribution in [2.24, 2.45) is 0 Å². The maximum atomic E-state index is 9.97. The molecule has 0 heterocycles. The van der Waals surface area contributed by atoms with E-state index < -0.39 is 0 Å². The molecule has 0 radical (unpaired) electrons. The van der Waals surface area contributed by atoms with Crippen LogP contribution < -0.4 is 9.47 Å². The van der Waals surface area contributed by atoms with Crippen LogP contribution >= 0.6 is 0 Å². The predicted octanol–water partition coefficient (Wildman–Crippen LogP) is 1.08. The molecule has 12 heavy (non-hydrogen) atoms. The number of para-hydroxylation sites is 2. The van der Waals surface area contributed by atoms with Gasteiger partial charge >= 0.3 is 0 Å². The van der Waals surface area contributed by atoms with Gasteiger partial charge in [0.1, 0.15) is 0 Å². The first-order chi connectivity index (χ1) is 5.88. The summed E-state index contributed by atoms with van der Waals surface area (Å²) < 4.78 is 9.04. The highest BCUT2D eigenvalue weighted by Gasteiger charge is 2.02. The van der Waals surface area contributed by atoms with Gasteiger partial charge in [0.15, 0.2) is 11.5 Å². The lowest BCUT2D eigenvalue weighted by Gasteiger charge is -2.01. The van der Waals surface area contributed by atoms with Crippen LogP contribution in [0.1, 0.15) is 0 Å². The van der Waals surface area contributed by atoms with Crippen molar-refractivity contribution < 1.29 is 14.3 Å². The normalized spacial score (nSPS) is 8.25. The molecular weight excluding hydrogens is 158 g/mol. The Bertz CT molecular complexity index is 316. The van der Waals surface area contributed by atoms with Crippen molar-refractivity contribution >= 4 is 6.47 Å². The molecule has 4 heteroatoms. The van der Waals surface area contributed by atoms with E-state index in [4.69, 9.17) is 5.26 Å². The zero-order valence-electron chi connectivity index (χ0n) is 6.06. The van der Waals surface area contributed by atoms with E-state index in [1.165, 1.54) is 18.4 Å². The van der Waals surface area contributed by atoms with Gasteiger partial charge in [-0.2, -0.15) is 0 Å². The number of ether oxygens (including phenoxy) is 2. The fraction of sp³-hybridized carbons (Fsp3) is 0. The van der Waals surface area contributed by atoms with Gasteiger partial charge in [-0.25, -0.2) is 0 Å². The number of rotatable bonds is 3. The van der Waals surface area contributed by atoms with Crippen molar-refractivity contribution in [3.8, 4) is 17.8 Å². The molecule has 60 valence electrons. The van der Waals surface area contributed by atoms with Crippen LogP contribution in [0.3, 0.4) is 0 Å². The Labute approximate surface area is 68.9 Å². The van der Waals surface area contributed by atoms with E-state index in [1.54, 1.807) is 12.1 Å². The molecule has 0 saturated heterocycles. The lowest BCUT2D eigenvalue weighted by Crippen LogP contribution is -1.91. The van der Waals surface area contributed by atoms with Crippen LogP contribution in [0.15, 0.2) is 24.3 Å². The summed E-state index contributed by atoms with van der Waals surface area (Å²) in [5.74, 6) is 0.459. The number of nitrogens with zero attached hydrogens (tertiary/aromatic N) is 1. The van der Waals surface area contributed by atoms with Gasteiger partial charge in [-0.3, -0.25) is 4.79 Å². The summed E-state index contributed by atoms with van der Waals surface area (Å²) in [6.45, 7) is 0.277. The summed E-state index contributed by atoms with van der Waals surface area (Å²) in [6, 6.07) is 6.40. The minimum absolute atomic E-state index is 0.229. The van der Waals surface area contributed by atoms with Crippen molar-refractivity contribution in [2.75, 3.05) is 0 Å². The number of hydrogen-bond donors (Lipinski definition) is 0. The molecule has 0 unspecified atom stereocenters. The summed E-state index contributed by atoms with van der Waals surface area (Å²) in [7, 11) is 0. The number of hydrogen-bond acceptors (Lipinski definition) is 4. The molecule has 0 amide bonds. The number of nitriles is 1. The summed E-state index contributed by atoms with van der Waals surface area (Å²) in [6.07, 6.45) is 1.49. The average Bonchev–Trinajstić information content (AvgIpc) is 2.09. The van der Waals surface area contributed by atoms with E-state index in [9.17, 15) is 4.79 Å². The second-order valence-electron chi connectivity index (χ2n) is 1.85. The van der Waals surface area contributed by atoms with Gasteiger partial charge in [-0.1, -0.05) is 12.1 Å². The standard InChI is InChI=1S/C8H5NO3/c9-5-11-7-3-1-2-4-8(7)12-6-10/h1-4,6H. The smallest absolute Gasteiger partial charge is 0.298 e. The highest BCUT2D eigenvalue weighted by molar-refractivity contribution is 5.50. The third-order valence-corrected chi connectivity index (χ3v) is 1.18. The van der Waals surface area contributed by atoms with Gasteiger partial charge in [0.25, 0.3) is 12.7 Å². The van der Waals surface area contributed by atoms with Crippen molar-refractivity contribution in [1.82, 2.24) is 0 Å². The summed E-state index contributed by atoms with van der Waals surface area (Å²) in [5, 5.41) is 8.20. The largest absolute Gasteiger partial charge is 0.425 e. The third-order valence-electron chi connectivity index (χ3n) is 1.18. The maximum Gasteiger partial charge on any atom is 0.298 e. The number of carbonyl (C=O) groups excluding carboxylic acids is 1. The highest BCUT2D eigenvalue weighted by atomic mass is 16.5. The van der Waals surface area contributed by atoms with Gasteiger partial charge in [0, 0.05) is 0 Å². The number of benzene rings is 1. The molecule has 1 aromatic rings. The van der Waals surface area contributed by atoms with Gasteiger partial charge < -0.3 is 9.47 Å². The lowest BCUT2D eigenvalue weighted by molar-refractivity contribution is -0.120. The Morgan fingerprint density at radius 1 is 1.33 bits per heavy atom. The predicted molar refractivity (Wildman–Crippen MR) is 39.4 cm³/mol. The van der Waals surface area contributed by atoms with Crippen molar-refractivity contribution in [3.63, 3.8) is 0 Å². The summed E-state index contributed by atoms with van der Waals surface area (Å²) >= 11 is 0. The summed E-state index contributed by atoms with van der Waals surface area (Å²) in [4.78, 5) is 9.97. The molecule has 0 aliphatic carbocycles. The van der Waals surface area contributed by atoms with E-state index in [2.05, 4.69) is 9.47 Å². The fourth-order valence-corrected chi connectivity index (χ4v) is 0.733. The third kappa shape index (κ3) is 1.73. The van der Waals surface area contributed by atoms with Crippen LogP contribution in [0.25, 0.3) is 0 Å². The average molecular weight is 163 g/mol. The molecule has 4 nitrogen and oxygen atoms in total. The van der Waals surface area contributed by atoms with Crippen LogP contribution in [0, 0.1) is 11.5 Å². The Morgan fingerprint density at radius 3 is 2.58 bits per heavy atom. The summed E-state index contributed by atoms with van der Waals surface area (Å²) in [5.41, 5.74) is 0. The molecule has 1 aromatic carbocycles. The first kappa shape index (κ1) is 8.08. The van der Waals surface area contributed by atoms with Crippen molar-refractivity contribution in [3.05, 3.63) is 24.3 Å². The molecule has 0 N–H and O–H groups in total. The highest BCUT2D eigenvalue weighted by Crippen LogP contribution is 2.25. The topological polar surface area (TPSA) is 59.3 Å². The Balaban J connectivity index is 2.93. The van der Waals surface area contributed by atoms with Crippen LogP contribution in [-0.2, 0) is 4.79 Å². The van der Waals surface area contributed by atoms with Gasteiger partial charge in [0.2, 0.25) is 0 Å². The zero-order chi connectivity index (χ0) is 8.81. The van der Waals surface area contributed by atoms with Gasteiger partial charge in [-0.05, 0) is 12.1 Å². The molecule has 0 aliphatic rings. The minimum atomic E-state index is 0.229. The fourth-order valence-electron chi connectivity index (χ4n) is 0.733. The SMILES string of the molecule is N#COc1ccccc1OC=O. The Morgan fingerprint density at radius 2 is 2.00 bits per heavy atom. The number of carbonyl (C=O) groups is 1. The van der Waals surface area contributed by atoms with Gasteiger partial charge in [0.05, 0.1) is 0 Å². The van der Waals surface area contributed by atoms with Crippen LogP contribution in [0.2, 0.25) is 0 Å². The van der Waals surface area contributed by atoms with Crippen molar-refractivity contribution in [1.29, 1.82) is 5.26 Å². The van der Waals surface area contributed by atoms with Crippen molar-refractivity contribution in [2.45, 2.75) is 0 Å². The second kappa shape index (κ2) is 3.98. The molecular formula is C8H5NO3. The van der Waals surface area contributed by atoms with E-state index in [1.807, 2.05) is 0 Å². The van der Waals surface area contributed by atoms with E-state index in [0.717, 1.165) is 0 Å². The monoisotopic (exact) mass is 163 g/mol. The van der Waals surface area contributed by atoms with Crippen LogP contribution in [-0.4, -0.2) is 6.47 Å². The Kier molecular flexibility index (Phi) is 2.68. The van der Waals surface area contributed by atoms with E-state index >= 15 is 0 Å². The van der Waals surface area contributed by atoms with Crippen LogP contribution in [0.4, 0.5) is 0 Å². The molecule has 0 aliphatic heterocycles. The zero-order valence-corrected chi connectivity index (χ0v) is 6.06. The molecule has 1 rings (SSSR count). The lowest BCUT2D eigenvalue weighted by atomic mass is 10.3. The maximum absolute atomic E-state index is 9.97. The second-order valence-corrected chi connectivity index (χ2v) is 1.85. The first-order valence-electron chi connectivity index (χ1n) is 3.13. The molecule has 0 atom stereocenters. The van der Waals surface area contributed by atoms with E-state index in [-0.39, 0.29) is 18.0 Å².